The minimum Gasteiger partial charge on any atom is -0.456 e. The van der Waals surface area contributed by atoms with Crippen molar-refractivity contribution in [2.24, 2.45) is 0 Å². The molecule has 0 spiro atoms. The second-order valence-electron chi connectivity index (χ2n) is 12.0. The number of hydrogen-bond acceptors (Lipinski definition) is 4. The predicted octanol–water partition coefficient (Wildman–Crippen LogP) is 10.8. The average molecular weight is 607 g/mol. The Morgan fingerprint density at radius 2 is 1.09 bits per heavy atom. The van der Waals surface area contributed by atoms with Crippen LogP contribution in [0.1, 0.15) is 18.9 Å². The summed E-state index contributed by atoms with van der Waals surface area (Å²) in [6.45, 7) is 2.20. The van der Waals surface area contributed by atoms with Gasteiger partial charge in [-0.2, -0.15) is 0 Å². The van der Waals surface area contributed by atoms with Gasteiger partial charge < -0.3 is 8.98 Å². The van der Waals surface area contributed by atoms with E-state index in [1.807, 2.05) is 42.5 Å². The van der Waals surface area contributed by atoms with Crippen LogP contribution in [0.2, 0.25) is 0 Å². The summed E-state index contributed by atoms with van der Waals surface area (Å²) < 4.78 is 8.62. The lowest BCUT2D eigenvalue weighted by Crippen LogP contribution is -2.00. The molecule has 6 aromatic carbocycles. The average Bonchev–Trinajstić information content (AvgIpc) is 3.66. The molecular formula is C42H30N4O. The molecule has 9 rings (SSSR count). The maximum Gasteiger partial charge on any atom is 0.164 e. The van der Waals surface area contributed by atoms with Crippen molar-refractivity contribution in [2.45, 2.75) is 19.8 Å². The van der Waals surface area contributed by atoms with Crippen LogP contribution in [0.15, 0.2) is 144 Å². The SMILES string of the molecule is CCCc1ccc(-c2nc(-c3ccccc3)nc(-c3ccc(-n4c5ccccc5c5cc6c(cc54)oc4ccccc46)cc3)n2)cc1. The minimum absolute atomic E-state index is 0.643. The van der Waals surface area contributed by atoms with Gasteiger partial charge in [0, 0.05) is 50.0 Å². The van der Waals surface area contributed by atoms with Gasteiger partial charge in [-0.1, -0.05) is 104 Å². The third-order valence-electron chi connectivity index (χ3n) is 8.97. The van der Waals surface area contributed by atoms with Crippen molar-refractivity contribution in [3.05, 3.63) is 145 Å². The van der Waals surface area contributed by atoms with Crippen molar-refractivity contribution in [2.75, 3.05) is 0 Å². The zero-order valence-electron chi connectivity index (χ0n) is 25.9. The lowest BCUT2D eigenvalue weighted by atomic mass is 10.1. The monoisotopic (exact) mass is 606 g/mol. The normalized spacial score (nSPS) is 11.7. The van der Waals surface area contributed by atoms with Gasteiger partial charge in [0.1, 0.15) is 11.2 Å². The molecule has 0 aliphatic rings. The number of aromatic nitrogens is 4. The van der Waals surface area contributed by atoms with Gasteiger partial charge >= 0.3 is 0 Å². The highest BCUT2D eigenvalue weighted by Gasteiger charge is 2.17. The number of benzene rings is 6. The van der Waals surface area contributed by atoms with E-state index in [0.717, 1.165) is 68.2 Å². The van der Waals surface area contributed by atoms with E-state index in [9.17, 15) is 0 Å². The Balaban J connectivity index is 1.18. The van der Waals surface area contributed by atoms with Gasteiger partial charge in [0.15, 0.2) is 17.5 Å². The maximum absolute atomic E-state index is 6.30. The van der Waals surface area contributed by atoms with E-state index in [0.29, 0.717) is 17.5 Å². The first-order valence-electron chi connectivity index (χ1n) is 16.1. The van der Waals surface area contributed by atoms with Gasteiger partial charge in [-0.25, -0.2) is 15.0 Å². The smallest absolute Gasteiger partial charge is 0.164 e. The Bertz CT molecular complexity index is 2560. The van der Waals surface area contributed by atoms with Gasteiger partial charge in [-0.15, -0.1) is 0 Å². The highest BCUT2D eigenvalue weighted by atomic mass is 16.3. The summed E-state index contributed by atoms with van der Waals surface area (Å²) in [5.41, 5.74) is 9.27. The first kappa shape index (κ1) is 27.3. The van der Waals surface area contributed by atoms with Crippen molar-refractivity contribution in [3.8, 4) is 39.9 Å². The molecule has 9 aromatic rings. The molecule has 0 fully saturated rings. The highest BCUT2D eigenvalue weighted by molar-refractivity contribution is 6.17. The Kier molecular flexibility index (Phi) is 6.42. The van der Waals surface area contributed by atoms with Gasteiger partial charge in [-0.3, -0.25) is 0 Å². The van der Waals surface area contributed by atoms with E-state index in [1.54, 1.807) is 0 Å². The van der Waals surface area contributed by atoms with E-state index < -0.39 is 0 Å². The molecule has 5 heteroatoms. The number of para-hydroxylation sites is 2. The number of fused-ring (bicyclic) bond motifs is 6. The summed E-state index contributed by atoms with van der Waals surface area (Å²) in [6, 6.07) is 48.4. The quantitative estimate of drug-likeness (QED) is 0.189. The van der Waals surface area contributed by atoms with E-state index in [1.165, 1.54) is 16.3 Å². The summed E-state index contributed by atoms with van der Waals surface area (Å²) >= 11 is 0. The van der Waals surface area contributed by atoms with Crippen LogP contribution in [0.4, 0.5) is 0 Å². The van der Waals surface area contributed by atoms with Crippen LogP contribution in [0.3, 0.4) is 0 Å². The van der Waals surface area contributed by atoms with Crippen LogP contribution in [-0.2, 0) is 6.42 Å². The molecule has 47 heavy (non-hydrogen) atoms. The van der Waals surface area contributed by atoms with E-state index in [2.05, 4.69) is 109 Å². The summed E-state index contributed by atoms with van der Waals surface area (Å²) in [5.74, 6) is 1.96. The second-order valence-corrected chi connectivity index (χ2v) is 12.0. The molecule has 0 radical (unpaired) electrons. The second kappa shape index (κ2) is 11.1. The third kappa shape index (κ3) is 4.67. The topological polar surface area (TPSA) is 56.7 Å². The van der Waals surface area contributed by atoms with E-state index in [4.69, 9.17) is 19.4 Å². The lowest BCUT2D eigenvalue weighted by molar-refractivity contribution is 0.669. The molecule has 0 saturated carbocycles. The molecule has 224 valence electrons. The molecule has 0 saturated heterocycles. The predicted molar refractivity (Wildman–Crippen MR) is 192 cm³/mol. The fraction of sp³-hybridized carbons (Fsp3) is 0.0714. The van der Waals surface area contributed by atoms with Crippen LogP contribution >= 0.6 is 0 Å². The van der Waals surface area contributed by atoms with Crippen molar-refractivity contribution in [3.63, 3.8) is 0 Å². The van der Waals surface area contributed by atoms with Crippen LogP contribution in [0, 0.1) is 0 Å². The molecule has 3 aromatic heterocycles. The van der Waals surface area contributed by atoms with E-state index >= 15 is 0 Å². The molecule has 0 N–H and O–H groups in total. The minimum atomic E-state index is 0.643. The fourth-order valence-electron chi connectivity index (χ4n) is 6.68. The molecular weight excluding hydrogens is 576 g/mol. The Morgan fingerprint density at radius 1 is 0.489 bits per heavy atom. The van der Waals surface area contributed by atoms with Crippen molar-refractivity contribution in [1.82, 2.24) is 19.5 Å². The lowest BCUT2D eigenvalue weighted by Gasteiger charge is -2.11. The Morgan fingerprint density at radius 3 is 1.79 bits per heavy atom. The van der Waals surface area contributed by atoms with Crippen LogP contribution in [-0.4, -0.2) is 19.5 Å². The summed E-state index contributed by atoms with van der Waals surface area (Å²) in [6.07, 6.45) is 2.17. The standard InChI is InChI=1S/C42H30N4O/c1-2-10-27-17-19-29(20-18-27)41-43-40(28-11-4-3-5-12-28)44-42(45-41)30-21-23-31(24-22-30)46-36-15-8-6-13-32(36)34-25-35-33-14-7-9-16-38(33)47-39(35)26-37(34)46/h3-9,11-26H,2,10H2,1H3. The summed E-state index contributed by atoms with van der Waals surface area (Å²) in [7, 11) is 0. The van der Waals surface area contributed by atoms with Gasteiger partial charge in [-0.05, 0) is 54.4 Å². The Labute approximate surface area is 271 Å². The molecule has 3 heterocycles. The number of rotatable bonds is 6. The van der Waals surface area contributed by atoms with Crippen molar-refractivity contribution < 1.29 is 4.42 Å². The molecule has 0 aliphatic heterocycles. The molecule has 0 amide bonds. The first-order chi connectivity index (χ1) is 23.2. The zero-order chi connectivity index (χ0) is 31.3. The van der Waals surface area contributed by atoms with Gasteiger partial charge in [0.2, 0.25) is 0 Å². The number of furan rings is 1. The largest absolute Gasteiger partial charge is 0.456 e. The van der Waals surface area contributed by atoms with E-state index in [-0.39, 0.29) is 0 Å². The maximum atomic E-state index is 6.30. The fourth-order valence-corrected chi connectivity index (χ4v) is 6.68. The summed E-state index contributed by atoms with van der Waals surface area (Å²) in [5, 5.41) is 4.67. The third-order valence-corrected chi connectivity index (χ3v) is 8.97. The Hall–Kier alpha value is -6.07. The van der Waals surface area contributed by atoms with Gasteiger partial charge in [0.05, 0.1) is 11.0 Å². The van der Waals surface area contributed by atoms with Gasteiger partial charge in [0.25, 0.3) is 0 Å². The number of hydrogen-bond donors (Lipinski definition) is 0. The van der Waals surface area contributed by atoms with Crippen LogP contribution in [0.25, 0.3) is 83.6 Å². The van der Waals surface area contributed by atoms with Crippen molar-refractivity contribution >= 4 is 43.7 Å². The molecule has 0 unspecified atom stereocenters. The highest BCUT2D eigenvalue weighted by Crippen LogP contribution is 2.38. The number of nitrogens with zero attached hydrogens (tertiary/aromatic N) is 4. The van der Waals surface area contributed by atoms with Crippen LogP contribution in [0.5, 0.6) is 0 Å². The number of aryl methyl sites for hydroxylation is 1. The zero-order valence-corrected chi connectivity index (χ0v) is 25.9. The van der Waals surface area contributed by atoms with Crippen LogP contribution < -0.4 is 0 Å². The molecule has 0 bridgehead atoms. The first-order valence-corrected chi connectivity index (χ1v) is 16.1. The molecule has 0 atom stereocenters. The molecule has 5 nitrogen and oxygen atoms in total. The van der Waals surface area contributed by atoms with Crippen molar-refractivity contribution in [1.29, 1.82) is 0 Å². The summed E-state index contributed by atoms with van der Waals surface area (Å²) in [4.78, 5) is 14.8. The molecule has 0 aliphatic carbocycles.